The maximum atomic E-state index is 4.53. The molecule has 0 saturated heterocycles. The second-order valence-electron chi connectivity index (χ2n) is 6.59. The predicted octanol–water partition coefficient (Wildman–Crippen LogP) is 4.05. The molecule has 1 aromatic heterocycles. The van der Waals surface area contributed by atoms with Crippen LogP contribution in [0.3, 0.4) is 0 Å². The number of aromatic nitrogens is 2. The van der Waals surface area contributed by atoms with Crippen LogP contribution in [0.4, 0.5) is 5.95 Å². The van der Waals surface area contributed by atoms with Gasteiger partial charge in [-0.2, -0.15) is 0 Å². The maximum absolute atomic E-state index is 4.53. The first kappa shape index (κ1) is 12.9. The van der Waals surface area contributed by atoms with Gasteiger partial charge in [0.25, 0.3) is 0 Å². The van der Waals surface area contributed by atoms with Crippen LogP contribution in [0.5, 0.6) is 0 Å². The van der Waals surface area contributed by atoms with Gasteiger partial charge in [-0.15, -0.1) is 0 Å². The van der Waals surface area contributed by atoms with E-state index < -0.39 is 0 Å². The van der Waals surface area contributed by atoms with Gasteiger partial charge >= 0.3 is 0 Å². The minimum atomic E-state index is 0.200. The summed E-state index contributed by atoms with van der Waals surface area (Å²) in [5.41, 5.74) is 2.54. The molecule has 0 aliphatic carbocycles. The highest BCUT2D eigenvalue weighted by Crippen LogP contribution is 2.37. The van der Waals surface area contributed by atoms with E-state index >= 15 is 0 Å². The van der Waals surface area contributed by atoms with E-state index in [9.17, 15) is 0 Å². The van der Waals surface area contributed by atoms with Crippen LogP contribution in [0, 0.1) is 10.8 Å². The summed E-state index contributed by atoms with van der Waals surface area (Å²) in [6.45, 7) is 12.3. The van der Waals surface area contributed by atoms with E-state index in [1.165, 1.54) is 0 Å². The molecule has 3 heteroatoms. The molecule has 0 radical (unpaired) electrons. The zero-order chi connectivity index (χ0) is 13.4. The smallest absolute Gasteiger partial charge is 0.201 e. The normalized spacial score (nSPS) is 12.9. The van der Waals surface area contributed by atoms with E-state index in [0.717, 1.165) is 23.5 Å². The summed E-state index contributed by atoms with van der Waals surface area (Å²) in [5, 5.41) is 3.41. The second-order valence-corrected chi connectivity index (χ2v) is 6.59. The Bertz CT molecular complexity index is 499. The Kier molecular flexibility index (Phi) is 3.09. The van der Waals surface area contributed by atoms with Crippen molar-refractivity contribution >= 4 is 17.0 Å². The number of H-pyrrole nitrogens is 1. The highest BCUT2D eigenvalue weighted by Gasteiger charge is 2.32. The Morgan fingerprint density at radius 2 is 1.78 bits per heavy atom. The quantitative estimate of drug-likeness (QED) is 0.856. The number of hydrogen-bond donors (Lipinski definition) is 2. The van der Waals surface area contributed by atoms with Crippen LogP contribution in [0.2, 0.25) is 0 Å². The number of imidazole rings is 1. The topological polar surface area (TPSA) is 40.7 Å². The number of aromatic amines is 1. The van der Waals surface area contributed by atoms with Crippen molar-refractivity contribution in [3.63, 3.8) is 0 Å². The molecular weight excluding hydrogens is 222 g/mol. The van der Waals surface area contributed by atoms with E-state index in [-0.39, 0.29) is 10.8 Å². The monoisotopic (exact) mass is 245 g/mol. The minimum Gasteiger partial charge on any atom is -0.355 e. The predicted molar refractivity (Wildman–Crippen MR) is 77.8 cm³/mol. The Labute approximate surface area is 109 Å². The molecule has 0 aliphatic rings. The van der Waals surface area contributed by atoms with Gasteiger partial charge in [-0.05, 0) is 23.0 Å². The third-order valence-corrected chi connectivity index (χ3v) is 4.12. The third-order valence-electron chi connectivity index (χ3n) is 4.12. The van der Waals surface area contributed by atoms with Gasteiger partial charge in [0.05, 0.1) is 11.0 Å². The molecule has 18 heavy (non-hydrogen) atoms. The molecule has 1 aromatic carbocycles. The van der Waals surface area contributed by atoms with Gasteiger partial charge in [0.2, 0.25) is 5.95 Å². The van der Waals surface area contributed by atoms with Gasteiger partial charge in [-0.1, -0.05) is 46.8 Å². The summed E-state index contributed by atoms with van der Waals surface area (Å²) in [5.74, 6) is 0.855. The summed E-state index contributed by atoms with van der Waals surface area (Å²) >= 11 is 0. The number of rotatable bonds is 3. The van der Waals surface area contributed by atoms with Crippen molar-refractivity contribution in [2.24, 2.45) is 10.8 Å². The fourth-order valence-corrected chi connectivity index (χ4v) is 1.61. The Morgan fingerprint density at radius 3 is 2.39 bits per heavy atom. The molecule has 0 unspecified atom stereocenters. The van der Waals surface area contributed by atoms with Crippen LogP contribution in [-0.2, 0) is 0 Å². The molecule has 0 atom stereocenters. The van der Waals surface area contributed by atoms with Crippen LogP contribution < -0.4 is 5.32 Å². The highest BCUT2D eigenvalue weighted by atomic mass is 15.1. The number of anilines is 1. The van der Waals surface area contributed by atoms with E-state index in [1.807, 2.05) is 24.3 Å². The van der Waals surface area contributed by atoms with Gasteiger partial charge in [0.15, 0.2) is 0 Å². The van der Waals surface area contributed by atoms with Crippen LogP contribution in [0.15, 0.2) is 24.3 Å². The van der Waals surface area contributed by atoms with Crippen molar-refractivity contribution in [2.45, 2.75) is 34.6 Å². The molecule has 0 bridgehead atoms. The summed E-state index contributed by atoms with van der Waals surface area (Å²) < 4.78 is 0. The van der Waals surface area contributed by atoms with Crippen molar-refractivity contribution in [2.75, 3.05) is 11.9 Å². The van der Waals surface area contributed by atoms with Crippen LogP contribution in [0.25, 0.3) is 11.0 Å². The molecule has 2 aromatic rings. The molecule has 1 heterocycles. The first-order valence-electron chi connectivity index (χ1n) is 6.48. The summed E-state index contributed by atoms with van der Waals surface area (Å²) in [6.07, 6.45) is 0. The fraction of sp³-hybridized carbons (Fsp3) is 0.533. The van der Waals surface area contributed by atoms with Crippen molar-refractivity contribution in [1.29, 1.82) is 0 Å². The number of benzene rings is 1. The lowest BCUT2D eigenvalue weighted by molar-refractivity contribution is 0.148. The number of hydrogen-bond acceptors (Lipinski definition) is 2. The maximum Gasteiger partial charge on any atom is 0.201 e. The molecule has 98 valence electrons. The van der Waals surface area contributed by atoms with Gasteiger partial charge in [0, 0.05) is 6.54 Å². The summed E-state index contributed by atoms with van der Waals surface area (Å²) in [7, 11) is 0. The summed E-state index contributed by atoms with van der Waals surface area (Å²) in [4.78, 5) is 7.83. The largest absolute Gasteiger partial charge is 0.355 e. The third kappa shape index (κ3) is 2.50. The standard InChI is InChI=1S/C15H23N3/c1-14(2,3)15(4,5)10-16-13-17-11-8-6-7-9-12(11)18-13/h6-9H,10H2,1-5H3,(H2,16,17,18). The summed E-state index contributed by atoms with van der Waals surface area (Å²) in [6, 6.07) is 8.09. The SMILES string of the molecule is CC(C)(C)C(C)(C)CNc1nc2ccccc2[nH]1. The molecule has 3 nitrogen and oxygen atoms in total. The van der Waals surface area contributed by atoms with Crippen molar-refractivity contribution in [3.05, 3.63) is 24.3 Å². The first-order valence-corrected chi connectivity index (χ1v) is 6.48. The van der Waals surface area contributed by atoms with Gasteiger partial charge in [-0.3, -0.25) is 0 Å². The van der Waals surface area contributed by atoms with E-state index in [2.05, 4.69) is 49.9 Å². The highest BCUT2D eigenvalue weighted by molar-refractivity contribution is 5.77. The van der Waals surface area contributed by atoms with Crippen LogP contribution >= 0.6 is 0 Å². The zero-order valence-corrected chi connectivity index (χ0v) is 12.0. The second kappa shape index (κ2) is 4.30. The van der Waals surface area contributed by atoms with E-state index in [1.54, 1.807) is 0 Å². The van der Waals surface area contributed by atoms with Crippen molar-refractivity contribution in [1.82, 2.24) is 9.97 Å². The lowest BCUT2D eigenvalue weighted by Crippen LogP contribution is -2.36. The number of nitrogens with zero attached hydrogens (tertiary/aromatic N) is 1. The molecular formula is C15H23N3. The van der Waals surface area contributed by atoms with Gasteiger partial charge in [-0.25, -0.2) is 4.98 Å². The minimum absolute atomic E-state index is 0.200. The Morgan fingerprint density at radius 1 is 1.11 bits per heavy atom. The fourth-order valence-electron chi connectivity index (χ4n) is 1.61. The van der Waals surface area contributed by atoms with Crippen LogP contribution in [-0.4, -0.2) is 16.5 Å². The van der Waals surface area contributed by atoms with E-state index in [4.69, 9.17) is 0 Å². The van der Waals surface area contributed by atoms with E-state index in [0.29, 0.717) is 0 Å². The van der Waals surface area contributed by atoms with Gasteiger partial charge in [0.1, 0.15) is 0 Å². The number of nitrogens with one attached hydrogen (secondary N) is 2. The Balaban J connectivity index is 2.11. The lowest BCUT2D eigenvalue weighted by Gasteiger charge is -2.38. The number of fused-ring (bicyclic) bond motifs is 1. The molecule has 0 amide bonds. The molecule has 0 saturated carbocycles. The Hall–Kier alpha value is -1.51. The van der Waals surface area contributed by atoms with Crippen LogP contribution in [0.1, 0.15) is 34.6 Å². The molecule has 0 aliphatic heterocycles. The van der Waals surface area contributed by atoms with Crippen molar-refractivity contribution in [3.8, 4) is 0 Å². The molecule has 0 spiro atoms. The molecule has 2 rings (SSSR count). The molecule has 0 fully saturated rings. The van der Waals surface area contributed by atoms with Gasteiger partial charge < -0.3 is 10.3 Å². The number of para-hydroxylation sites is 2. The first-order chi connectivity index (χ1) is 8.29. The average molecular weight is 245 g/mol. The van der Waals surface area contributed by atoms with Crippen molar-refractivity contribution < 1.29 is 0 Å². The average Bonchev–Trinajstić information content (AvgIpc) is 2.67. The molecule has 2 N–H and O–H groups in total. The zero-order valence-electron chi connectivity index (χ0n) is 12.0. The lowest BCUT2D eigenvalue weighted by atomic mass is 9.69.